The van der Waals surface area contributed by atoms with Crippen molar-refractivity contribution in [1.29, 1.82) is 0 Å². The lowest BCUT2D eigenvalue weighted by molar-refractivity contribution is -0.127. The van der Waals surface area contributed by atoms with E-state index in [1.807, 2.05) is 6.92 Å². The fourth-order valence-corrected chi connectivity index (χ4v) is 3.80. The highest BCUT2D eigenvalue weighted by Gasteiger charge is 2.36. The molecule has 0 saturated carbocycles. The number of amides is 3. The Balaban J connectivity index is 1.74. The first-order chi connectivity index (χ1) is 14.3. The summed E-state index contributed by atoms with van der Waals surface area (Å²) in [5.41, 5.74) is 0.787. The van der Waals surface area contributed by atoms with Gasteiger partial charge in [-0.2, -0.15) is 0 Å². The zero-order valence-electron chi connectivity index (χ0n) is 15.6. The highest BCUT2D eigenvalue weighted by Crippen LogP contribution is 2.34. The number of nitrogens with zero attached hydrogens (tertiary/aromatic N) is 1. The van der Waals surface area contributed by atoms with Gasteiger partial charge in [0.25, 0.3) is 11.1 Å². The number of hydrogen-bond donors (Lipinski definition) is 1. The number of ether oxygens (including phenoxy) is 1. The molecule has 0 atom stereocenters. The number of imide groups is 1. The van der Waals surface area contributed by atoms with E-state index in [-0.39, 0.29) is 15.6 Å². The lowest BCUT2D eigenvalue weighted by atomic mass is 10.2. The number of nitrogens with one attached hydrogen (secondary N) is 1. The minimum absolute atomic E-state index is 0.140. The number of thioether (sulfide) groups is 1. The van der Waals surface area contributed by atoms with E-state index in [0.717, 1.165) is 11.0 Å². The van der Waals surface area contributed by atoms with E-state index in [9.17, 15) is 18.8 Å². The summed E-state index contributed by atoms with van der Waals surface area (Å²) in [6.07, 6.45) is 1.50. The first-order valence-electron chi connectivity index (χ1n) is 8.71. The minimum atomic E-state index is -0.627. The van der Waals surface area contributed by atoms with Crippen LogP contribution in [0.2, 0.25) is 10.0 Å². The van der Waals surface area contributed by atoms with E-state index < -0.39 is 29.4 Å². The number of rotatable bonds is 6. The van der Waals surface area contributed by atoms with Crippen molar-refractivity contribution in [2.45, 2.75) is 6.92 Å². The van der Waals surface area contributed by atoms with Crippen molar-refractivity contribution in [2.24, 2.45) is 0 Å². The molecule has 3 amide bonds. The van der Waals surface area contributed by atoms with Gasteiger partial charge in [-0.05, 0) is 61.2 Å². The molecule has 10 heteroatoms. The summed E-state index contributed by atoms with van der Waals surface area (Å²) >= 11 is 12.4. The van der Waals surface area contributed by atoms with Crippen LogP contribution in [0.3, 0.4) is 0 Å². The average molecular weight is 469 g/mol. The molecule has 1 N–H and O–H groups in total. The largest absolute Gasteiger partial charge is 0.493 e. The van der Waals surface area contributed by atoms with E-state index in [2.05, 4.69) is 5.32 Å². The first kappa shape index (κ1) is 22.1. The predicted molar refractivity (Wildman–Crippen MR) is 115 cm³/mol. The second kappa shape index (κ2) is 9.51. The van der Waals surface area contributed by atoms with Crippen LogP contribution in [0.1, 0.15) is 12.5 Å². The van der Waals surface area contributed by atoms with Crippen molar-refractivity contribution in [2.75, 3.05) is 18.5 Å². The lowest BCUT2D eigenvalue weighted by Crippen LogP contribution is -2.36. The Morgan fingerprint density at radius 2 is 2.00 bits per heavy atom. The van der Waals surface area contributed by atoms with Crippen LogP contribution in [0.5, 0.6) is 5.75 Å². The maximum Gasteiger partial charge on any atom is 0.294 e. The second-order valence-electron chi connectivity index (χ2n) is 6.06. The van der Waals surface area contributed by atoms with Crippen molar-refractivity contribution < 1.29 is 23.5 Å². The summed E-state index contributed by atoms with van der Waals surface area (Å²) in [6.45, 7) is 1.74. The zero-order valence-corrected chi connectivity index (χ0v) is 17.9. The van der Waals surface area contributed by atoms with E-state index in [0.29, 0.717) is 34.7 Å². The topological polar surface area (TPSA) is 75.7 Å². The van der Waals surface area contributed by atoms with Crippen LogP contribution in [0.25, 0.3) is 6.08 Å². The van der Waals surface area contributed by atoms with Crippen LogP contribution in [-0.4, -0.2) is 35.1 Å². The molecule has 0 aliphatic carbocycles. The molecule has 1 fully saturated rings. The van der Waals surface area contributed by atoms with Gasteiger partial charge in [-0.1, -0.05) is 23.2 Å². The summed E-state index contributed by atoms with van der Waals surface area (Å²) in [5, 5.41) is 2.18. The van der Waals surface area contributed by atoms with Crippen molar-refractivity contribution in [3.05, 3.63) is 62.7 Å². The maximum absolute atomic E-state index is 13.2. The van der Waals surface area contributed by atoms with E-state index >= 15 is 0 Å². The molecule has 0 spiro atoms. The molecule has 3 rings (SSSR count). The Hall–Kier alpha value is -2.55. The first-order valence-corrected chi connectivity index (χ1v) is 10.3. The SMILES string of the molecule is CCOc1ccc(Cl)cc1/C=C1/SC(=O)N(CC(=O)Nc2ccc(F)c(Cl)c2)C1=O. The molecule has 2 aromatic carbocycles. The molecule has 0 aromatic heterocycles. The Morgan fingerprint density at radius 3 is 2.70 bits per heavy atom. The molecule has 1 heterocycles. The van der Waals surface area contributed by atoms with Gasteiger partial charge >= 0.3 is 0 Å². The molecule has 2 aromatic rings. The maximum atomic E-state index is 13.2. The van der Waals surface area contributed by atoms with Gasteiger partial charge in [0.2, 0.25) is 5.91 Å². The van der Waals surface area contributed by atoms with Gasteiger partial charge in [-0.15, -0.1) is 0 Å². The van der Waals surface area contributed by atoms with Crippen LogP contribution in [0.15, 0.2) is 41.3 Å². The lowest BCUT2D eigenvalue weighted by Gasteiger charge is -2.12. The number of carbonyl (C=O) groups excluding carboxylic acids is 3. The van der Waals surface area contributed by atoms with Crippen molar-refractivity contribution in [3.8, 4) is 5.75 Å². The molecule has 1 aliphatic rings. The highest BCUT2D eigenvalue weighted by molar-refractivity contribution is 8.18. The summed E-state index contributed by atoms with van der Waals surface area (Å²) in [4.78, 5) is 38.1. The smallest absolute Gasteiger partial charge is 0.294 e. The van der Waals surface area contributed by atoms with Gasteiger partial charge in [0.05, 0.1) is 16.5 Å². The fourth-order valence-electron chi connectivity index (χ4n) is 2.61. The number of benzene rings is 2. The summed E-state index contributed by atoms with van der Waals surface area (Å²) in [7, 11) is 0. The van der Waals surface area contributed by atoms with Gasteiger partial charge < -0.3 is 10.1 Å². The van der Waals surface area contributed by atoms with Gasteiger partial charge in [0, 0.05) is 16.3 Å². The molecule has 156 valence electrons. The minimum Gasteiger partial charge on any atom is -0.493 e. The van der Waals surface area contributed by atoms with Crippen molar-refractivity contribution in [1.82, 2.24) is 4.90 Å². The number of anilines is 1. The summed E-state index contributed by atoms with van der Waals surface area (Å²) in [5.74, 6) is -1.35. The van der Waals surface area contributed by atoms with Gasteiger partial charge in [-0.25, -0.2) is 4.39 Å². The average Bonchev–Trinajstić information content (AvgIpc) is 2.94. The van der Waals surface area contributed by atoms with Crippen LogP contribution < -0.4 is 10.1 Å². The van der Waals surface area contributed by atoms with Gasteiger partial charge in [0.15, 0.2) is 0 Å². The van der Waals surface area contributed by atoms with E-state index in [1.54, 1.807) is 18.2 Å². The van der Waals surface area contributed by atoms with Crippen LogP contribution in [0, 0.1) is 5.82 Å². The molecular weight excluding hydrogens is 454 g/mol. The highest BCUT2D eigenvalue weighted by atomic mass is 35.5. The Labute approximate surface area is 186 Å². The predicted octanol–water partition coefficient (Wildman–Crippen LogP) is 5.21. The normalized spacial score (nSPS) is 15.1. The van der Waals surface area contributed by atoms with Crippen LogP contribution >= 0.6 is 35.0 Å². The number of halogens is 3. The van der Waals surface area contributed by atoms with E-state index in [1.165, 1.54) is 18.2 Å². The van der Waals surface area contributed by atoms with Crippen molar-refractivity contribution in [3.63, 3.8) is 0 Å². The quantitative estimate of drug-likeness (QED) is 0.589. The molecule has 0 bridgehead atoms. The molecule has 0 unspecified atom stereocenters. The molecule has 6 nitrogen and oxygen atoms in total. The zero-order chi connectivity index (χ0) is 21.8. The monoisotopic (exact) mass is 468 g/mol. The van der Waals surface area contributed by atoms with E-state index in [4.69, 9.17) is 27.9 Å². The Morgan fingerprint density at radius 1 is 1.23 bits per heavy atom. The van der Waals surface area contributed by atoms with Gasteiger partial charge in [0.1, 0.15) is 18.1 Å². The standard InChI is InChI=1S/C20H15Cl2FN2O4S/c1-2-29-16-6-3-12(21)7-11(16)8-17-19(27)25(20(28)30-17)10-18(26)24-13-4-5-15(23)14(22)9-13/h3-9H,2,10H2,1H3,(H,24,26)/b17-8+. The Kier molecular flexibility index (Phi) is 7.02. The third kappa shape index (κ3) is 5.13. The van der Waals surface area contributed by atoms with Gasteiger partial charge in [-0.3, -0.25) is 19.3 Å². The third-order valence-electron chi connectivity index (χ3n) is 3.94. The molecule has 1 aliphatic heterocycles. The fraction of sp³-hybridized carbons (Fsp3) is 0.150. The number of carbonyl (C=O) groups is 3. The van der Waals surface area contributed by atoms with Crippen LogP contribution in [0.4, 0.5) is 14.9 Å². The molecule has 30 heavy (non-hydrogen) atoms. The second-order valence-corrected chi connectivity index (χ2v) is 7.90. The van der Waals surface area contributed by atoms with Crippen molar-refractivity contribution >= 4 is 63.8 Å². The molecule has 0 radical (unpaired) electrons. The summed E-state index contributed by atoms with van der Waals surface area (Å²) < 4.78 is 18.7. The van der Waals surface area contributed by atoms with Crippen LogP contribution in [-0.2, 0) is 9.59 Å². The molecular formula is C20H15Cl2FN2O4S. The molecule has 1 saturated heterocycles. The summed E-state index contributed by atoms with van der Waals surface area (Å²) in [6, 6.07) is 8.59. The third-order valence-corrected chi connectivity index (χ3v) is 5.37. The number of hydrogen-bond acceptors (Lipinski definition) is 5. The Bertz CT molecular complexity index is 1060.